The van der Waals surface area contributed by atoms with Crippen LogP contribution in [0.5, 0.6) is 11.5 Å². The first kappa shape index (κ1) is 18.4. The van der Waals surface area contributed by atoms with Gasteiger partial charge in [0.05, 0.1) is 12.7 Å². The van der Waals surface area contributed by atoms with Crippen molar-refractivity contribution in [1.82, 2.24) is 10.6 Å². The number of benzene rings is 1. The molecular weight excluding hydrogens is 318 g/mol. The van der Waals surface area contributed by atoms with E-state index in [0.29, 0.717) is 6.54 Å². The fraction of sp³-hybridized carbons (Fsp3) is 0.500. The summed E-state index contributed by atoms with van der Waals surface area (Å²) in [6.45, 7) is -1.43. The zero-order valence-corrected chi connectivity index (χ0v) is 12.9. The summed E-state index contributed by atoms with van der Waals surface area (Å²) >= 11 is 0. The summed E-state index contributed by atoms with van der Waals surface area (Å²) in [6.07, 6.45) is 1.82. The second-order valence-corrected chi connectivity index (χ2v) is 4.73. The van der Waals surface area contributed by atoms with Crippen LogP contribution >= 0.6 is 12.4 Å². The van der Waals surface area contributed by atoms with E-state index in [1.807, 2.05) is 0 Å². The number of carbonyl (C=O) groups is 1. The Hall–Kier alpha value is -1.60. The molecule has 0 aliphatic carbocycles. The number of alkyl halides is 2. The van der Waals surface area contributed by atoms with Crippen LogP contribution in [0.15, 0.2) is 18.2 Å². The number of nitrogens with one attached hydrogen (secondary N) is 2. The number of methoxy groups -OCH3 is 1. The van der Waals surface area contributed by atoms with E-state index in [9.17, 15) is 13.6 Å². The highest BCUT2D eigenvalue weighted by atomic mass is 35.5. The van der Waals surface area contributed by atoms with Crippen LogP contribution in [0.2, 0.25) is 0 Å². The summed E-state index contributed by atoms with van der Waals surface area (Å²) in [5.41, 5.74) is 0.0419. The number of carbonyl (C=O) groups excluding carboxylic acids is 1. The fourth-order valence-electron chi connectivity index (χ4n) is 2.30. The van der Waals surface area contributed by atoms with Crippen molar-refractivity contribution in [2.24, 2.45) is 0 Å². The molecular formula is C14H19ClF2N2O3. The van der Waals surface area contributed by atoms with Gasteiger partial charge in [0.1, 0.15) is 0 Å². The first-order valence-electron chi connectivity index (χ1n) is 6.75. The minimum absolute atomic E-state index is 0. The molecule has 1 atom stereocenters. The predicted molar refractivity (Wildman–Crippen MR) is 80.2 cm³/mol. The number of para-hydroxylation sites is 1. The van der Waals surface area contributed by atoms with Gasteiger partial charge >= 0.3 is 6.61 Å². The summed E-state index contributed by atoms with van der Waals surface area (Å²) in [5, 5.41) is 5.99. The van der Waals surface area contributed by atoms with Crippen LogP contribution in [-0.4, -0.2) is 38.8 Å². The van der Waals surface area contributed by atoms with Crippen LogP contribution in [0.1, 0.15) is 23.2 Å². The molecule has 1 aliphatic heterocycles. The van der Waals surface area contributed by atoms with Crippen LogP contribution in [-0.2, 0) is 0 Å². The van der Waals surface area contributed by atoms with Crippen molar-refractivity contribution in [1.29, 1.82) is 0 Å². The van der Waals surface area contributed by atoms with Crippen LogP contribution in [0.3, 0.4) is 0 Å². The van der Waals surface area contributed by atoms with Gasteiger partial charge in [-0.25, -0.2) is 0 Å². The molecule has 2 rings (SSSR count). The molecule has 1 aromatic rings. The molecule has 5 nitrogen and oxygen atoms in total. The molecule has 0 bridgehead atoms. The molecule has 0 saturated carbocycles. The Bertz CT molecular complexity index is 497. The largest absolute Gasteiger partial charge is 0.493 e. The molecule has 1 aliphatic rings. The summed E-state index contributed by atoms with van der Waals surface area (Å²) in [4.78, 5) is 12.3. The quantitative estimate of drug-likeness (QED) is 0.865. The van der Waals surface area contributed by atoms with Crippen LogP contribution in [0, 0.1) is 0 Å². The van der Waals surface area contributed by atoms with E-state index in [2.05, 4.69) is 15.4 Å². The Morgan fingerprint density at radius 1 is 1.45 bits per heavy atom. The minimum atomic E-state index is -3.02. The van der Waals surface area contributed by atoms with E-state index in [0.717, 1.165) is 19.4 Å². The maximum atomic E-state index is 12.5. The fourth-order valence-corrected chi connectivity index (χ4v) is 2.30. The molecule has 1 saturated heterocycles. The second-order valence-electron chi connectivity index (χ2n) is 4.73. The molecule has 1 aromatic carbocycles. The Balaban J connectivity index is 0.00000242. The summed E-state index contributed by atoms with van der Waals surface area (Å²) in [6, 6.07) is 4.45. The molecule has 1 fully saturated rings. The average Bonchev–Trinajstić information content (AvgIpc) is 2.47. The van der Waals surface area contributed by atoms with Crippen molar-refractivity contribution in [2.75, 3.05) is 20.2 Å². The zero-order valence-electron chi connectivity index (χ0n) is 12.1. The Morgan fingerprint density at radius 3 is 2.82 bits per heavy atom. The van der Waals surface area contributed by atoms with Gasteiger partial charge in [0.2, 0.25) is 0 Å². The van der Waals surface area contributed by atoms with E-state index in [1.54, 1.807) is 6.07 Å². The molecule has 0 radical (unpaired) electrons. The third-order valence-corrected chi connectivity index (χ3v) is 3.28. The number of ether oxygens (including phenoxy) is 2. The maximum Gasteiger partial charge on any atom is 0.387 e. The number of halogens is 3. The average molecular weight is 337 g/mol. The highest BCUT2D eigenvalue weighted by Crippen LogP contribution is 2.32. The van der Waals surface area contributed by atoms with E-state index in [1.165, 1.54) is 19.2 Å². The summed E-state index contributed by atoms with van der Waals surface area (Å²) < 4.78 is 34.5. The Labute approximate surface area is 133 Å². The number of amides is 1. The van der Waals surface area contributed by atoms with E-state index < -0.39 is 12.5 Å². The van der Waals surface area contributed by atoms with Crippen molar-refractivity contribution in [3.63, 3.8) is 0 Å². The molecule has 22 heavy (non-hydrogen) atoms. The molecule has 1 amide bonds. The third-order valence-electron chi connectivity index (χ3n) is 3.28. The molecule has 1 heterocycles. The highest BCUT2D eigenvalue weighted by Gasteiger charge is 2.22. The Kier molecular flexibility index (Phi) is 7.34. The van der Waals surface area contributed by atoms with Gasteiger partial charge in [0, 0.05) is 12.6 Å². The molecule has 0 spiro atoms. The second kappa shape index (κ2) is 8.75. The molecule has 2 N–H and O–H groups in total. The van der Waals surface area contributed by atoms with Gasteiger partial charge in [-0.1, -0.05) is 6.07 Å². The zero-order chi connectivity index (χ0) is 15.2. The Morgan fingerprint density at radius 2 is 2.23 bits per heavy atom. The van der Waals surface area contributed by atoms with E-state index in [-0.39, 0.29) is 35.5 Å². The standard InChI is InChI=1S/C14H18F2N2O3.ClH/c1-20-11-6-2-5-10(12(11)21-14(15)16)13(19)18-9-4-3-7-17-8-9;/h2,5-6,9,14,17H,3-4,7-8H2,1H3,(H,18,19);1H/t9-;/m0./s1. The lowest BCUT2D eigenvalue weighted by atomic mass is 10.1. The molecule has 8 heteroatoms. The highest BCUT2D eigenvalue weighted by molar-refractivity contribution is 5.98. The van der Waals surface area contributed by atoms with Crippen LogP contribution in [0.4, 0.5) is 8.78 Å². The number of hydrogen-bond acceptors (Lipinski definition) is 4. The SMILES string of the molecule is COc1cccc(C(=O)N[C@H]2CCCNC2)c1OC(F)F.Cl. The molecule has 0 aromatic heterocycles. The minimum Gasteiger partial charge on any atom is -0.493 e. The smallest absolute Gasteiger partial charge is 0.387 e. The van der Waals surface area contributed by atoms with Gasteiger partial charge in [-0.2, -0.15) is 8.78 Å². The normalized spacial score (nSPS) is 17.5. The lowest BCUT2D eigenvalue weighted by Crippen LogP contribution is -2.45. The van der Waals surface area contributed by atoms with Crippen molar-refractivity contribution in [2.45, 2.75) is 25.5 Å². The first-order valence-corrected chi connectivity index (χ1v) is 6.75. The monoisotopic (exact) mass is 336 g/mol. The molecule has 0 unspecified atom stereocenters. The van der Waals surface area contributed by atoms with E-state index >= 15 is 0 Å². The number of rotatable bonds is 5. The van der Waals surface area contributed by atoms with Crippen molar-refractivity contribution in [3.05, 3.63) is 23.8 Å². The van der Waals surface area contributed by atoms with Crippen LogP contribution in [0.25, 0.3) is 0 Å². The van der Waals surface area contributed by atoms with Gasteiger partial charge in [-0.3, -0.25) is 4.79 Å². The van der Waals surface area contributed by atoms with Gasteiger partial charge in [-0.05, 0) is 31.5 Å². The predicted octanol–water partition coefficient (Wildman–Crippen LogP) is 2.20. The summed E-state index contributed by atoms with van der Waals surface area (Å²) in [5.74, 6) is -0.584. The van der Waals surface area contributed by atoms with Gasteiger partial charge in [0.25, 0.3) is 5.91 Å². The third kappa shape index (κ3) is 4.71. The lowest BCUT2D eigenvalue weighted by Gasteiger charge is -2.24. The van der Waals surface area contributed by atoms with Crippen molar-refractivity contribution >= 4 is 18.3 Å². The first-order chi connectivity index (χ1) is 10.1. The lowest BCUT2D eigenvalue weighted by molar-refractivity contribution is -0.0515. The number of hydrogen-bond donors (Lipinski definition) is 2. The van der Waals surface area contributed by atoms with Gasteiger partial charge < -0.3 is 20.1 Å². The van der Waals surface area contributed by atoms with E-state index in [4.69, 9.17) is 4.74 Å². The number of piperidine rings is 1. The topological polar surface area (TPSA) is 59.6 Å². The van der Waals surface area contributed by atoms with Gasteiger partial charge in [-0.15, -0.1) is 12.4 Å². The summed E-state index contributed by atoms with van der Waals surface area (Å²) in [7, 11) is 1.33. The van der Waals surface area contributed by atoms with Crippen molar-refractivity contribution in [3.8, 4) is 11.5 Å². The van der Waals surface area contributed by atoms with Crippen LogP contribution < -0.4 is 20.1 Å². The van der Waals surface area contributed by atoms with Crippen molar-refractivity contribution < 1.29 is 23.0 Å². The molecule has 124 valence electrons. The maximum absolute atomic E-state index is 12.5. The van der Waals surface area contributed by atoms with Gasteiger partial charge in [0.15, 0.2) is 11.5 Å².